The van der Waals surface area contributed by atoms with Crippen molar-refractivity contribution in [3.05, 3.63) is 54.1 Å². The Hall–Kier alpha value is -2.49. The van der Waals surface area contributed by atoms with Crippen molar-refractivity contribution in [2.75, 3.05) is 11.9 Å². The van der Waals surface area contributed by atoms with E-state index in [0.717, 1.165) is 5.56 Å². The molecule has 0 spiro atoms. The molecule has 0 fully saturated rings. The predicted molar refractivity (Wildman–Crippen MR) is 73.3 cm³/mol. The molecule has 0 aliphatic rings. The van der Waals surface area contributed by atoms with Crippen LogP contribution in [-0.2, 0) is 11.2 Å². The van der Waals surface area contributed by atoms with Crippen LogP contribution in [0.5, 0.6) is 11.5 Å². The van der Waals surface area contributed by atoms with Crippen molar-refractivity contribution in [3.8, 4) is 11.5 Å². The van der Waals surface area contributed by atoms with Gasteiger partial charge in [-0.05, 0) is 42.0 Å². The summed E-state index contributed by atoms with van der Waals surface area (Å²) in [7, 11) is 1.68. The molecule has 0 aromatic heterocycles. The second kappa shape index (κ2) is 5.44. The Balaban J connectivity index is 2.09. The SMILES string of the molecule is CN(C(=O)Cc1cccc(O)c1)c1ccc(O)cc1. The first kappa shape index (κ1) is 13.0. The molecule has 0 aliphatic carbocycles. The molecule has 0 unspecified atom stereocenters. The van der Waals surface area contributed by atoms with Crippen molar-refractivity contribution in [2.45, 2.75) is 6.42 Å². The molecule has 4 nitrogen and oxygen atoms in total. The number of likely N-dealkylation sites (N-methyl/N-ethyl adjacent to an activating group) is 1. The minimum absolute atomic E-state index is 0.0868. The summed E-state index contributed by atoms with van der Waals surface area (Å²) in [6.07, 6.45) is 0.214. The summed E-state index contributed by atoms with van der Waals surface area (Å²) >= 11 is 0. The minimum atomic E-state index is -0.0868. The Labute approximate surface area is 111 Å². The molecule has 0 saturated carbocycles. The zero-order valence-electron chi connectivity index (χ0n) is 10.6. The van der Waals surface area contributed by atoms with E-state index in [1.807, 2.05) is 0 Å². The third-order valence-corrected chi connectivity index (χ3v) is 2.88. The maximum Gasteiger partial charge on any atom is 0.231 e. The van der Waals surface area contributed by atoms with Crippen LogP contribution in [0.2, 0.25) is 0 Å². The van der Waals surface area contributed by atoms with Gasteiger partial charge in [-0.1, -0.05) is 12.1 Å². The van der Waals surface area contributed by atoms with E-state index < -0.39 is 0 Å². The van der Waals surface area contributed by atoms with Crippen LogP contribution < -0.4 is 4.90 Å². The van der Waals surface area contributed by atoms with E-state index in [-0.39, 0.29) is 23.8 Å². The lowest BCUT2D eigenvalue weighted by Crippen LogP contribution is -2.27. The molecular weight excluding hydrogens is 242 g/mol. The molecular formula is C15H15NO3. The average Bonchev–Trinajstić information content (AvgIpc) is 2.39. The second-order valence-corrected chi connectivity index (χ2v) is 4.32. The maximum absolute atomic E-state index is 12.1. The summed E-state index contributed by atoms with van der Waals surface area (Å²) in [4.78, 5) is 13.6. The van der Waals surface area contributed by atoms with E-state index in [1.54, 1.807) is 43.4 Å². The number of hydrogen-bond donors (Lipinski definition) is 2. The monoisotopic (exact) mass is 257 g/mol. The van der Waals surface area contributed by atoms with Gasteiger partial charge in [0.2, 0.25) is 5.91 Å². The molecule has 2 aromatic rings. The Bertz CT molecular complexity index is 578. The Kier molecular flexibility index (Phi) is 3.71. The molecule has 0 aliphatic heterocycles. The first-order valence-electron chi connectivity index (χ1n) is 5.90. The fourth-order valence-electron chi connectivity index (χ4n) is 1.78. The van der Waals surface area contributed by atoms with E-state index >= 15 is 0 Å². The fraction of sp³-hybridized carbons (Fsp3) is 0.133. The molecule has 4 heteroatoms. The third-order valence-electron chi connectivity index (χ3n) is 2.88. The van der Waals surface area contributed by atoms with Gasteiger partial charge in [0.05, 0.1) is 6.42 Å². The smallest absolute Gasteiger partial charge is 0.231 e. The zero-order chi connectivity index (χ0) is 13.8. The van der Waals surface area contributed by atoms with Crippen molar-refractivity contribution >= 4 is 11.6 Å². The van der Waals surface area contributed by atoms with Crippen molar-refractivity contribution in [3.63, 3.8) is 0 Å². The van der Waals surface area contributed by atoms with Gasteiger partial charge in [0, 0.05) is 12.7 Å². The largest absolute Gasteiger partial charge is 0.508 e. The first-order valence-corrected chi connectivity index (χ1v) is 5.90. The van der Waals surface area contributed by atoms with Crippen molar-refractivity contribution < 1.29 is 15.0 Å². The van der Waals surface area contributed by atoms with E-state index in [1.165, 1.54) is 17.0 Å². The molecule has 1 amide bonds. The van der Waals surface area contributed by atoms with Crippen LogP contribution in [0.4, 0.5) is 5.69 Å². The van der Waals surface area contributed by atoms with Gasteiger partial charge in [-0.25, -0.2) is 0 Å². The van der Waals surface area contributed by atoms with Crippen LogP contribution in [0.1, 0.15) is 5.56 Å². The van der Waals surface area contributed by atoms with Gasteiger partial charge in [0.15, 0.2) is 0 Å². The van der Waals surface area contributed by atoms with Crippen molar-refractivity contribution in [2.24, 2.45) is 0 Å². The summed E-state index contributed by atoms with van der Waals surface area (Å²) < 4.78 is 0. The summed E-state index contributed by atoms with van der Waals surface area (Å²) in [6, 6.07) is 13.1. The molecule has 2 rings (SSSR count). The zero-order valence-corrected chi connectivity index (χ0v) is 10.6. The van der Waals surface area contributed by atoms with E-state index in [2.05, 4.69) is 0 Å². The van der Waals surface area contributed by atoms with Crippen LogP contribution in [0.3, 0.4) is 0 Å². The lowest BCUT2D eigenvalue weighted by atomic mass is 10.1. The molecule has 2 aromatic carbocycles. The Morgan fingerprint density at radius 2 is 1.74 bits per heavy atom. The predicted octanol–water partition coefficient (Wildman–Crippen LogP) is 2.30. The number of hydrogen-bond acceptors (Lipinski definition) is 3. The average molecular weight is 257 g/mol. The number of carbonyl (C=O) groups is 1. The van der Waals surface area contributed by atoms with Gasteiger partial charge >= 0.3 is 0 Å². The standard InChI is InChI=1S/C15H15NO3/c1-16(12-5-7-13(17)8-6-12)15(19)10-11-3-2-4-14(18)9-11/h2-9,17-18H,10H2,1H3. The van der Waals surface area contributed by atoms with Gasteiger partial charge in [-0.15, -0.1) is 0 Å². The van der Waals surface area contributed by atoms with Gasteiger partial charge in [-0.3, -0.25) is 4.79 Å². The molecule has 0 bridgehead atoms. The summed E-state index contributed by atoms with van der Waals surface area (Å²) in [6.45, 7) is 0. The Morgan fingerprint density at radius 3 is 2.37 bits per heavy atom. The highest BCUT2D eigenvalue weighted by atomic mass is 16.3. The van der Waals surface area contributed by atoms with E-state index in [0.29, 0.717) is 5.69 Å². The molecule has 0 radical (unpaired) electrons. The molecule has 0 atom stereocenters. The highest BCUT2D eigenvalue weighted by Crippen LogP contribution is 2.19. The van der Waals surface area contributed by atoms with E-state index in [9.17, 15) is 15.0 Å². The van der Waals surface area contributed by atoms with Crippen LogP contribution in [-0.4, -0.2) is 23.2 Å². The number of aromatic hydroxyl groups is 2. The molecule has 0 heterocycles. The second-order valence-electron chi connectivity index (χ2n) is 4.32. The van der Waals surface area contributed by atoms with Gasteiger partial charge in [0.25, 0.3) is 0 Å². The number of phenolic OH excluding ortho intramolecular Hbond substituents is 2. The minimum Gasteiger partial charge on any atom is -0.508 e. The third kappa shape index (κ3) is 3.25. The lowest BCUT2D eigenvalue weighted by molar-refractivity contribution is -0.117. The molecule has 2 N–H and O–H groups in total. The number of carbonyl (C=O) groups excluding carboxylic acids is 1. The van der Waals surface area contributed by atoms with Gasteiger partial charge < -0.3 is 15.1 Å². The van der Waals surface area contributed by atoms with Crippen molar-refractivity contribution in [1.29, 1.82) is 0 Å². The lowest BCUT2D eigenvalue weighted by Gasteiger charge is -2.17. The van der Waals surface area contributed by atoms with E-state index in [4.69, 9.17) is 0 Å². The Morgan fingerprint density at radius 1 is 1.05 bits per heavy atom. The van der Waals surface area contributed by atoms with Gasteiger partial charge in [0.1, 0.15) is 11.5 Å². The molecule has 98 valence electrons. The fourth-order valence-corrected chi connectivity index (χ4v) is 1.78. The van der Waals surface area contributed by atoms with Gasteiger partial charge in [-0.2, -0.15) is 0 Å². The van der Waals surface area contributed by atoms with Crippen molar-refractivity contribution in [1.82, 2.24) is 0 Å². The number of anilines is 1. The summed E-state index contributed by atoms with van der Waals surface area (Å²) in [5.74, 6) is 0.228. The highest BCUT2D eigenvalue weighted by molar-refractivity contribution is 5.94. The quantitative estimate of drug-likeness (QED) is 0.887. The number of phenols is 2. The summed E-state index contributed by atoms with van der Waals surface area (Å²) in [5.41, 5.74) is 1.47. The topological polar surface area (TPSA) is 60.8 Å². The maximum atomic E-state index is 12.1. The first-order chi connectivity index (χ1) is 9.06. The number of rotatable bonds is 3. The van der Waals surface area contributed by atoms with Crippen LogP contribution >= 0.6 is 0 Å². The number of nitrogens with zero attached hydrogens (tertiary/aromatic N) is 1. The highest BCUT2D eigenvalue weighted by Gasteiger charge is 2.11. The molecule has 0 saturated heterocycles. The van der Waals surface area contributed by atoms with Crippen LogP contribution in [0.15, 0.2) is 48.5 Å². The normalized spacial score (nSPS) is 10.2. The van der Waals surface area contributed by atoms with Crippen LogP contribution in [0.25, 0.3) is 0 Å². The van der Waals surface area contributed by atoms with Crippen LogP contribution in [0, 0.1) is 0 Å². The number of amides is 1. The molecule has 19 heavy (non-hydrogen) atoms. The number of benzene rings is 2. The summed E-state index contributed by atoms with van der Waals surface area (Å²) in [5, 5.41) is 18.6.